The normalized spacial score (nSPS) is 20.3. The second-order valence-electron chi connectivity index (χ2n) is 4.80. The van der Waals surface area contributed by atoms with Crippen molar-refractivity contribution in [3.05, 3.63) is 35.4 Å². The topological polar surface area (TPSA) is 92.9 Å². The Kier molecular flexibility index (Phi) is 5.28. The number of aliphatic hydroxyl groups excluding tert-OH is 1. The van der Waals surface area contributed by atoms with Gasteiger partial charge in [-0.25, -0.2) is 8.42 Å². The van der Waals surface area contributed by atoms with Crippen LogP contribution in [0.5, 0.6) is 0 Å². The third-order valence-electron chi connectivity index (χ3n) is 3.36. The molecule has 0 spiro atoms. The molecule has 1 unspecified atom stereocenters. The lowest BCUT2D eigenvalue weighted by Crippen LogP contribution is -2.50. The Labute approximate surface area is 129 Å². The summed E-state index contributed by atoms with van der Waals surface area (Å²) in [5, 5.41) is 9.31. The lowest BCUT2D eigenvalue weighted by molar-refractivity contribution is 0.0108. The zero-order valence-electron chi connectivity index (χ0n) is 11.4. The summed E-state index contributed by atoms with van der Waals surface area (Å²) < 4.78 is 31.7. The quantitative estimate of drug-likeness (QED) is 0.729. The minimum Gasteiger partial charge on any atom is -0.395 e. The fraction of sp³-hybridized carbons (Fsp3) is 0.462. The van der Waals surface area contributed by atoms with Gasteiger partial charge in [0.1, 0.15) is 4.99 Å². The summed E-state index contributed by atoms with van der Waals surface area (Å²) in [5.74, 6) is -0.197. The Morgan fingerprint density at radius 1 is 1.48 bits per heavy atom. The molecular formula is C13H18N2O4S2. The first-order chi connectivity index (χ1) is 9.95. The van der Waals surface area contributed by atoms with Gasteiger partial charge >= 0.3 is 0 Å². The number of nitrogens with zero attached hydrogens (tertiary/aromatic N) is 1. The van der Waals surface area contributed by atoms with E-state index >= 15 is 0 Å². The van der Waals surface area contributed by atoms with Crippen molar-refractivity contribution >= 4 is 27.2 Å². The molecule has 0 aliphatic carbocycles. The minimum atomic E-state index is -3.58. The van der Waals surface area contributed by atoms with Gasteiger partial charge in [0.25, 0.3) is 0 Å². The predicted molar refractivity (Wildman–Crippen MR) is 83.4 cm³/mol. The molecule has 0 amide bonds. The zero-order valence-corrected chi connectivity index (χ0v) is 13.1. The van der Waals surface area contributed by atoms with Crippen molar-refractivity contribution < 1.29 is 18.3 Å². The number of hydrogen-bond acceptors (Lipinski definition) is 5. The number of nitrogens with two attached hydrogens (primary N) is 1. The molecular weight excluding hydrogens is 312 g/mol. The van der Waals surface area contributed by atoms with E-state index in [9.17, 15) is 13.5 Å². The van der Waals surface area contributed by atoms with Crippen molar-refractivity contribution in [2.45, 2.75) is 11.8 Å². The average Bonchev–Trinajstić information content (AvgIpc) is 2.47. The van der Waals surface area contributed by atoms with E-state index < -0.39 is 16.1 Å². The fourth-order valence-electron chi connectivity index (χ4n) is 2.32. The van der Waals surface area contributed by atoms with Crippen molar-refractivity contribution in [2.24, 2.45) is 5.73 Å². The first-order valence-corrected chi connectivity index (χ1v) is 8.53. The summed E-state index contributed by atoms with van der Waals surface area (Å²) >= 11 is 4.95. The predicted octanol–water partition coefficient (Wildman–Crippen LogP) is -0.156. The molecule has 1 aliphatic heterocycles. The molecule has 2 rings (SSSR count). The van der Waals surface area contributed by atoms with Gasteiger partial charge in [0, 0.05) is 12.1 Å². The highest BCUT2D eigenvalue weighted by atomic mass is 32.2. The Balaban J connectivity index is 2.27. The van der Waals surface area contributed by atoms with Gasteiger partial charge in [-0.3, -0.25) is 0 Å². The van der Waals surface area contributed by atoms with Gasteiger partial charge in [-0.05, 0) is 5.56 Å². The molecule has 1 aromatic rings. The van der Waals surface area contributed by atoms with E-state index in [1.807, 2.05) is 0 Å². The molecule has 6 nitrogen and oxygen atoms in total. The van der Waals surface area contributed by atoms with Crippen LogP contribution in [0.25, 0.3) is 0 Å². The van der Waals surface area contributed by atoms with Crippen LogP contribution in [-0.2, 0) is 20.5 Å². The molecule has 0 bridgehead atoms. The number of morpholine rings is 1. The van der Waals surface area contributed by atoms with E-state index in [0.717, 1.165) is 0 Å². The van der Waals surface area contributed by atoms with E-state index in [0.29, 0.717) is 17.7 Å². The van der Waals surface area contributed by atoms with E-state index in [1.54, 1.807) is 24.3 Å². The molecule has 1 atom stereocenters. The molecule has 1 aliphatic rings. The molecule has 1 saturated heterocycles. The van der Waals surface area contributed by atoms with Crippen molar-refractivity contribution in [3.8, 4) is 0 Å². The van der Waals surface area contributed by atoms with Gasteiger partial charge in [0.05, 0.1) is 31.6 Å². The number of hydrogen-bond donors (Lipinski definition) is 2. The van der Waals surface area contributed by atoms with Crippen LogP contribution in [0.1, 0.15) is 11.1 Å². The van der Waals surface area contributed by atoms with Crippen molar-refractivity contribution in [3.63, 3.8) is 0 Å². The fourth-order valence-corrected chi connectivity index (χ4v) is 4.26. The average molecular weight is 330 g/mol. The third kappa shape index (κ3) is 3.78. The molecule has 116 valence electrons. The Morgan fingerprint density at radius 2 is 2.19 bits per heavy atom. The Bertz CT molecular complexity index is 618. The smallest absolute Gasteiger partial charge is 0.218 e. The molecule has 8 heteroatoms. The molecule has 0 saturated carbocycles. The van der Waals surface area contributed by atoms with Crippen LogP contribution in [0.4, 0.5) is 0 Å². The number of benzene rings is 1. The number of thiocarbonyl (C=S) groups is 1. The lowest BCUT2D eigenvalue weighted by Gasteiger charge is -2.33. The molecule has 1 aromatic carbocycles. The van der Waals surface area contributed by atoms with Crippen molar-refractivity contribution in [1.29, 1.82) is 0 Å². The second-order valence-corrected chi connectivity index (χ2v) is 7.16. The molecule has 21 heavy (non-hydrogen) atoms. The van der Waals surface area contributed by atoms with Gasteiger partial charge < -0.3 is 15.6 Å². The summed E-state index contributed by atoms with van der Waals surface area (Å²) in [6.07, 6.45) is 0. The maximum atomic E-state index is 12.6. The summed E-state index contributed by atoms with van der Waals surface area (Å²) in [4.78, 5) is 0.168. The minimum absolute atomic E-state index is 0.168. The highest BCUT2D eigenvalue weighted by Crippen LogP contribution is 2.19. The van der Waals surface area contributed by atoms with Gasteiger partial charge in [-0.2, -0.15) is 4.31 Å². The SMILES string of the molecule is NC(=S)c1ccccc1CS(=O)(=O)N1CCOCC1CO. The Hall–Kier alpha value is -1.06. The van der Waals surface area contributed by atoms with Crippen LogP contribution in [-0.4, -0.2) is 55.2 Å². The monoisotopic (exact) mass is 330 g/mol. The van der Waals surface area contributed by atoms with Gasteiger partial charge in [-0.15, -0.1) is 0 Å². The maximum absolute atomic E-state index is 12.6. The molecule has 3 N–H and O–H groups in total. The zero-order chi connectivity index (χ0) is 15.5. The van der Waals surface area contributed by atoms with Gasteiger partial charge in [-0.1, -0.05) is 36.5 Å². The molecule has 0 radical (unpaired) electrons. The second kappa shape index (κ2) is 6.80. The summed E-state index contributed by atoms with van der Waals surface area (Å²) in [6, 6.07) is 6.36. The van der Waals surface area contributed by atoms with Crippen LogP contribution in [0, 0.1) is 0 Å². The van der Waals surface area contributed by atoms with Crippen LogP contribution < -0.4 is 5.73 Å². The summed E-state index contributed by atoms with van der Waals surface area (Å²) in [5.41, 5.74) is 6.75. The van der Waals surface area contributed by atoms with E-state index in [2.05, 4.69) is 0 Å². The number of ether oxygens (including phenoxy) is 1. The first-order valence-electron chi connectivity index (χ1n) is 6.51. The van der Waals surface area contributed by atoms with E-state index in [-0.39, 0.29) is 30.5 Å². The summed E-state index contributed by atoms with van der Waals surface area (Å²) in [6.45, 7) is 0.498. The van der Waals surface area contributed by atoms with E-state index in [1.165, 1.54) is 4.31 Å². The summed E-state index contributed by atoms with van der Waals surface area (Å²) in [7, 11) is -3.58. The number of sulfonamides is 1. The van der Waals surface area contributed by atoms with Gasteiger partial charge in [0.2, 0.25) is 10.0 Å². The van der Waals surface area contributed by atoms with Crippen molar-refractivity contribution in [1.82, 2.24) is 4.31 Å². The van der Waals surface area contributed by atoms with E-state index in [4.69, 9.17) is 22.7 Å². The third-order valence-corrected chi connectivity index (χ3v) is 5.45. The lowest BCUT2D eigenvalue weighted by atomic mass is 10.1. The maximum Gasteiger partial charge on any atom is 0.218 e. The molecule has 1 heterocycles. The van der Waals surface area contributed by atoms with Crippen LogP contribution in [0.2, 0.25) is 0 Å². The molecule has 1 fully saturated rings. The first kappa shape index (κ1) is 16.3. The Morgan fingerprint density at radius 3 is 2.86 bits per heavy atom. The van der Waals surface area contributed by atoms with Crippen LogP contribution in [0.15, 0.2) is 24.3 Å². The molecule has 0 aromatic heterocycles. The van der Waals surface area contributed by atoms with Crippen molar-refractivity contribution in [2.75, 3.05) is 26.4 Å². The number of rotatable bonds is 5. The highest BCUT2D eigenvalue weighted by Gasteiger charge is 2.32. The highest BCUT2D eigenvalue weighted by molar-refractivity contribution is 7.88. The van der Waals surface area contributed by atoms with Gasteiger partial charge in [0.15, 0.2) is 0 Å². The standard InChI is InChI=1S/C13H18N2O4S2/c14-13(20)12-4-2-1-3-10(12)9-21(17,18)15-5-6-19-8-11(15)7-16/h1-4,11,16H,5-9H2,(H2,14,20). The van der Waals surface area contributed by atoms with Crippen LogP contribution in [0.3, 0.4) is 0 Å². The number of aliphatic hydroxyl groups is 1. The van der Waals surface area contributed by atoms with Crippen LogP contribution >= 0.6 is 12.2 Å². The largest absolute Gasteiger partial charge is 0.395 e.